The number of aromatic hydroxyl groups is 1. The van der Waals surface area contributed by atoms with Gasteiger partial charge in [-0.2, -0.15) is 0 Å². The van der Waals surface area contributed by atoms with E-state index in [1.807, 2.05) is 0 Å². The number of ether oxygens (including phenoxy) is 1. The number of hydrogen-bond donors (Lipinski definition) is 2. The summed E-state index contributed by atoms with van der Waals surface area (Å²) < 4.78 is 5.24. The van der Waals surface area contributed by atoms with Gasteiger partial charge in [-0.15, -0.1) is 0 Å². The Hall–Kier alpha value is -0.930. The van der Waals surface area contributed by atoms with Crippen LogP contribution in [-0.2, 0) is 0 Å². The van der Waals surface area contributed by atoms with E-state index < -0.39 is 0 Å². The Morgan fingerprint density at radius 1 is 1.44 bits per heavy atom. The molecule has 0 aromatic heterocycles. The van der Waals surface area contributed by atoms with Crippen molar-refractivity contribution in [2.75, 3.05) is 13.7 Å². The van der Waals surface area contributed by atoms with Crippen LogP contribution in [0.25, 0.3) is 0 Å². The average molecular weight is 242 g/mol. The van der Waals surface area contributed by atoms with Gasteiger partial charge >= 0.3 is 0 Å². The highest BCUT2D eigenvalue weighted by molar-refractivity contribution is 6.31. The zero-order chi connectivity index (χ0) is 11.5. The van der Waals surface area contributed by atoms with E-state index in [4.69, 9.17) is 16.3 Å². The van der Waals surface area contributed by atoms with Crippen LogP contribution in [0.2, 0.25) is 5.02 Å². The van der Waals surface area contributed by atoms with E-state index in [-0.39, 0.29) is 11.8 Å². The second kappa shape index (κ2) is 4.93. The predicted molar refractivity (Wildman–Crippen MR) is 64.3 cm³/mol. The van der Waals surface area contributed by atoms with Crippen molar-refractivity contribution >= 4 is 11.6 Å². The molecule has 3 nitrogen and oxygen atoms in total. The van der Waals surface area contributed by atoms with Gasteiger partial charge in [0.25, 0.3) is 0 Å². The minimum Gasteiger partial charge on any atom is -0.504 e. The summed E-state index contributed by atoms with van der Waals surface area (Å²) in [7, 11) is 1.55. The number of phenols is 1. The normalized spacial score (nSPS) is 20.8. The van der Waals surface area contributed by atoms with Crippen molar-refractivity contribution in [2.24, 2.45) is 0 Å². The van der Waals surface area contributed by atoms with Crippen LogP contribution in [0.4, 0.5) is 0 Å². The maximum absolute atomic E-state index is 9.74. The van der Waals surface area contributed by atoms with E-state index in [1.165, 1.54) is 12.8 Å². The van der Waals surface area contributed by atoms with Crippen molar-refractivity contribution in [1.29, 1.82) is 0 Å². The predicted octanol–water partition coefficient (Wildman–Crippen LogP) is 2.87. The first kappa shape index (κ1) is 11.6. The summed E-state index contributed by atoms with van der Waals surface area (Å²) in [4.78, 5) is 0. The van der Waals surface area contributed by atoms with Crippen molar-refractivity contribution < 1.29 is 9.84 Å². The van der Waals surface area contributed by atoms with Crippen LogP contribution in [0, 0.1) is 0 Å². The molecule has 4 heteroatoms. The Morgan fingerprint density at radius 3 is 2.88 bits per heavy atom. The highest BCUT2D eigenvalue weighted by Crippen LogP contribution is 2.41. The first-order valence-electron chi connectivity index (χ1n) is 5.52. The number of phenolic OH excluding ortho intramolecular Hbond substituents is 1. The van der Waals surface area contributed by atoms with Gasteiger partial charge in [0.2, 0.25) is 0 Å². The molecule has 16 heavy (non-hydrogen) atoms. The standard InChI is InChI=1S/C12H16ClNO2/c1-16-12-10(15)6-5-8(13)11(12)9-4-2-3-7-14-9/h5-6,9,14-15H,2-4,7H2,1H3. The van der Waals surface area contributed by atoms with Gasteiger partial charge in [-0.25, -0.2) is 0 Å². The van der Waals surface area contributed by atoms with E-state index in [9.17, 15) is 5.11 Å². The summed E-state index contributed by atoms with van der Waals surface area (Å²) in [6.45, 7) is 0.986. The van der Waals surface area contributed by atoms with Crippen molar-refractivity contribution in [1.82, 2.24) is 5.32 Å². The number of nitrogens with one attached hydrogen (secondary N) is 1. The summed E-state index contributed by atoms with van der Waals surface area (Å²) >= 11 is 6.18. The van der Waals surface area contributed by atoms with E-state index in [1.54, 1.807) is 19.2 Å². The molecule has 2 N–H and O–H groups in total. The smallest absolute Gasteiger partial charge is 0.166 e. The molecule has 1 heterocycles. The SMILES string of the molecule is COc1c(O)ccc(Cl)c1C1CCCCN1. The second-order valence-electron chi connectivity index (χ2n) is 4.02. The Bertz CT molecular complexity index is 376. The van der Waals surface area contributed by atoms with Crippen molar-refractivity contribution in [2.45, 2.75) is 25.3 Å². The van der Waals surface area contributed by atoms with Gasteiger partial charge < -0.3 is 15.2 Å². The van der Waals surface area contributed by atoms with Crippen molar-refractivity contribution in [3.8, 4) is 11.5 Å². The Kier molecular flexibility index (Phi) is 3.56. The third-order valence-electron chi connectivity index (χ3n) is 2.98. The van der Waals surface area contributed by atoms with E-state index >= 15 is 0 Å². The van der Waals surface area contributed by atoms with Gasteiger partial charge in [0.05, 0.1) is 7.11 Å². The molecule has 1 atom stereocenters. The molecule has 1 fully saturated rings. The average Bonchev–Trinajstić information content (AvgIpc) is 2.33. The van der Waals surface area contributed by atoms with Crippen LogP contribution in [0.15, 0.2) is 12.1 Å². The Balaban J connectivity index is 2.40. The first-order valence-corrected chi connectivity index (χ1v) is 5.90. The van der Waals surface area contributed by atoms with Crippen molar-refractivity contribution in [3.63, 3.8) is 0 Å². The summed E-state index contributed by atoms with van der Waals surface area (Å²) in [5.41, 5.74) is 0.879. The molecule has 0 amide bonds. The second-order valence-corrected chi connectivity index (χ2v) is 4.42. The highest BCUT2D eigenvalue weighted by atomic mass is 35.5. The summed E-state index contributed by atoms with van der Waals surface area (Å²) in [5.74, 6) is 0.640. The van der Waals surface area contributed by atoms with E-state index in [2.05, 4.69) is 5.32 Å². The Morgan fingerprint density at radius 2 is 2.25 bits per heavy atom. The number of halogens is 1. The molecule has 1 aliphatic rings. The molecule has 88 valence electrons. The monoisotopic (exact) mass is 241 g/mol. The Labute approximate surface area is 100 Å². The van der Waals surface area contributed by atoms with E-state index in [0.717, 1.165) is 18.5 Å². The lowest BCUT2D eigenvalue weighted by atomic mass is 9.96. The third-order valence-corrected chi connectivity index (χ3v) is 3.31. The van der Waals surface area contributed by atoms with Crippen LogP contribution < -0.4 is 10.1 Å². The fraction of sp³-hybridized carbons (Fsp3) is 0.500. The number of rotatable bonds is 2. The maximum atomic E-state index is 9.74. The van der Waals surface area contributed by atoms with Gasteiger partial charge in [0, 0.05) is 16.6 Å². The number of methoxy groups -OCH3 is 1. The number of piperidine rings is 1. The topological polar surface area (TPSA) is 41.5 Å². The molecule has 1 saturated heterocycles. The summed E-state index contributed by atoms with van der Waals surface area (Å²) in [6.07, 6.45) is 3.39. The number of benzene rings is 1. The summed E-state index contributed by atoms with van der Waals surface area (Å²) in [6, 6.07) is 3.46. The van der Waals surface area contributed by atoms with Crippen LogP contribution in [0.5, 0.6) is 11.5 Å². The van der Waals surface area contributed by atoms with Crippen molar-refractivity contribution in [3.05, 3.63) is 22.7 Å². The minimum absolute atomic E-state index is 0.147. The van der Waals surface area contributed by atoms with Crippen LogP contribution in [0.3, 0.4) is 0 Å². The lowest BCUT2D eigenvalue weighted by Crippen LogP contribution is -2.27. The number of hydrogen-bond acceptors (Lipinski definition) is 3. The molecule has 1 unspecified atom stereocenters. The van der Waals surface area contributed by atoms with Crippen LogP contribution in [-0.4, -0.2) is 18.8 Å². The first-order chi connectivity index (χ1) is 7.74. The van der Waals surface area contributed by atoms with E-state index in [0.29, 0.717) is 10.8 Å². The zero-order valence-corrected chi connectivity index (χ0v) is 10.0. The van der Waals surface area contributed by atoms with Crippen LogP contribution in [0.1, 0.15) is 30.9 Å². The lowest BCUT2D eigenvalue weighted by Gasteiger charge is -2.26. The van der Waals surface area contributed by atoms with Gasteiger partial charge in [-0.1, -0.05) is 18.0 Å². The largest absolute Gasteiger partial charge is 0.504 e. The molecular formula is C12H16ClNO2. The molecule has 2 rings (SSSR count). The highest BCUT2D eigenvalue weighted by Gasteiger charge is 2.23. The third kappa shape index (κ3) is 2.11. The summed E-state index contributed by atoms with van der Waals surface area (Å²) in [5, 5.41) is 13.8. The van der Waals surface area contributed by atoms with Gasteiger partial charge in [0.15, 0.2) is 11.5 Å². The molecule has 0 saturated carbocycles. The molecular weight excluding hydrogens is 226 g/mol. The van der Waals surface area contributed by atoms with Gasteiger partial charge in [-0.3, -0.25) is 0 Å². The fourth-order valence-corrected chi connectivity index (χ4v) is 2.48. The molecule has 0 spiro atoms. The molecule has 0 bridgehead atoms. The fourth-order valence-electron chi connectivity index (χ4n) is 2.20. The lowest BCUT2D eigenvalue weighted by molar-refractivity contribution is 0.349. The molecule has 1 aliphatic heterocycles. The molecule has 0 aliphatic carbocycles. The van der Waals surface area contributed by atoms with Crippen LogP contribution >= 0.6 is 11.6 Å². The molecule has 1 aromatic rings. The maximum Gasteiger partial charge on any atom is 0.166 e. The zero-order valence-electron chi connectivity index (χ0n) is 9.29. The van der Waals surface area contributed by atoms with Gasteiger partial charge in [0.1, 0.15) is 0 Å². The molecule has 0 radical (unpaired) electrons. The minimum atomic E-state index is 0.147. The molecule has 1 aromatic carbocycles. The quantitative estimate of drug-likeness (QED) is 0.837. The van der Waals surface area contributed by atoms with Gasteiger partial charge in [-0.05, 0) is 31.5 Å².